The van der Waals surface area contributed by atoms with Crippen LogP contribution in [0.1, 0.15) is 29.7 Å². The lowest BCUT2D eigenvalue weighted by Crippen LogP contribution is -2.31. The second-order valence-electron chi connectivity index (χ2n) is 6.19. The first kappa shape index (κ1) is 16.4. The Hall–Kier alpha value is -1.43. The summed E-state index contributed by atoms with van der Waals surface area (Å²) in [5.41, 5.74) is 3.78. The number of ether oxygens (including phenoxy) is 1. The number of allylic oxidation sites excluding steroid dienone is 1. The van der Waals surface area contributed by atoms with Crippen LogP contribution in [0.3, 0.4) is 0 Å². The van der Waals surface area contributed by atoms with E-state index in [1.165, 1.54) is 24.0 Å². The Bertz CT molecular complexity index is 614. The van der Waals surface area contributed by atoms with Crippen molar-refractivity contribution in [2.24, 2.45) is 0 Å². The minimum absolute atomic E-state index is 0.372. The van der Waals surface area contributed by atoms with E-state index in [0.717, 1.165) is 38.5 Å². The average Bonchev–Trinajstić information content (AvgIpc) is 3.24. The first-order valence-electron chi connectivity index (χ1n) is 8.23. The molecule has 2 aromatic heterocycles. The minimum atomic E-state index is 0.372. The molecule has 2 aromatic rings. The van der Waals surface area contributed by atoms with Gasteiger partial charge in [0.15, 0.2) is 0 Å². The van der Waals surface area contributed by atoms with Crippen LogP contribution < -0.4 is 0 Å². The molecule has 23 heavy (non-hydrogen) atoms. The van der Waals surface area contributed by atoms with Crippen LogP contribution in [-0.4, -0.2) is 33.9 Å². The number of rotatable bonds is 8. The quantitative estimate of drug-likeness (QED) is 0.692. The van der Waals surface area contributed by atoms with Crippen LogP contribution in [-0.2, 0) is 24.4 Å². The Kier molecular flexibility index (Phi) is 5.65. The van der Waals surface area contributed by atoms with Gasteiger partial charge in [0.25, 0.3) is 0 Å². The summed E-state index contributed by atoms with van der Waals surface area (Å²) in [5.74, 6) is 0. The van der Waals surface area contributed by atoms with Gasteiger partial charge in [-0.2, -0.15) is 16.4 Å². The first-order valence-corrected chi connectivity index (χ1v) is 9.17. The standard InChI is InChI=1S/C18H25N3OS/c1-3-7-21-12-17(15(2)19-21)11-20(10-16-6-9-23-14-16)13-18-5-4-8-22-18/h3,6,9,12,14,18H,1,4-5,7-8,10-11,13H2,2H3/t18-/m1/s1. The van der Waals surface area contributed by atoms with Gasteiger partial charge in [-0.05, 0) is 42.2 Å². The highest BCUT2D eigenvalue weighted by Crippen LogP contribution is 2.19. The lowest BCUT2D eigenvalue weighted by atomic mass is 10.2. The molecule has 0 radical (unpaired) electrons. The number of hydrogen-bond donors (Lipinski definition) is 0. The zero-order valence-corrected chi connectivity index (χ0v) is 14.6. The van der Waals surface area contributed by atoms with E-state index in [4.69, 9.17) is 4.74 Å². The van der Waals surface area contributed by atoms with E-state index in [2.05, 4.69) is 46.5 Å². The fraction of sp³-hybridized carbons (Fsp3) is 0.500. The molecule has 0 saturated carbocycles. The highest BCUT2D eigenvalue weighted by molar-refractivity contribution is 7.07. The van der Waals surface area contributed by atoms with E-state index in [-0.39, 0.29) is 0 Å². The van der Waals surface area contributed by atoms with Crippen LogP contribution in [0.5, 0.6) is 0 Å². The molecule has 3 rings (SSSR count). The van der Waals surface area contributed by atoms with Gasteiger partial charge in [0, 0.05) is 38.0 Å². The van der Waals surface area contributed by atoms with E-state index in [9.17, 15) is 0 Å². The number of thiophene rings is 1. The summed E-state index contributed by atoms with van der Waals surface area (Å²) in [6, 6.07) is 2.21. The van der Waals surface area contributed by atoms with Crippen LogP contribution in [0.15, 0.2) is 35.7 Å². The molecule has 4 nitrogen and oxygen atoms in total. The maximum Gasteiger partial charge on any atom is 0.0703 e. The Morgan fingerprint density at radius 1 is 1.52 bits per heavy atom. The highest BCUT2D eigenvalue weighted by atomic mass is 32.1. The van der Waals surface area contributed by atoms with Gasteiger partial charge in [-0.25, -0.2) is 0 Å². The van der Waals surface area contributed by atoms with Crippen molar-refractivity contribution < 1.29 is 4.74 Å². The van der Waals surface area contributed by atoms with Crippen LogP contribution in [0.2, 0.25) is 0 Å². The van der Waals surface area contributed by atoms with Crippen molar-refractivity contribution in [3.05, 3.63) is 52.5 Å². The number of aromatic nitrogens is 2. The molecule has 1 aliphatic rings. The molecule has 0 aromatic carbocycles. The summed E-state index contributed by atoms with van der Waals surface area (Å²) in [7, 11) is 0. The minimum Gasteiger partial charge on any atom is -0.377 e. The van der Waals surface area contributed by atoms with E-state index >= 15 is 0 Å². The lowest BCUT2D eigenvalue weighted by Gasteiger charge is -2.24. The second-order valence-corrected chi connectivity index (χ2v) is 6.97. The molecule has 0 aliphatic carbocycles. The third-order valence-electron chi connectivity index (χ3n) is 4.23. The van der Waals surface area contributed by atoms with E-state index < -0.39 is 0 Å². The third kappa shape index (κ3) is 4.53. The molecule has 1 saturated heterocycles. The zero-order valence-electron chi connectivity index (χ0n) is 13.8. The van der Waals surface area contributed by atoms with Crippen LogP contribution in [0, 0.1) is 6.92 Å². The molecular weight excluding hydrogens is 306 g/mol. The smallest absolute Gasteiger partial charge is 0.0703 e. The molecule has 1 aliphatic heterocycles. The first-order chi connectivity index (χ1) is 11.2. The van der Waals surface area contributed by atoms with E-state index in [0.29, 0.717) is 6.10 Å². The predicted octanol–water partition coefficient (Wildman–Crippen LogP) is 3.62. The molecule has 0 bridgehead atoms. The van der Waals surface area contributed by atoms with Gasteiger partial charge < -0.3 is 4.74 Å². The molecule has 0 spiro atoms. The summed E-state index contributed by atoms with van der Waals surface area (Å²) >= 11 is 1.76. The third-order valence-corrected chi connectivity index (χ3v) is 4.96. The van der Waals surface area contributed by atoms with Crippen LogP contribution in [0.4, 0.5) is 0 Å². The lowest BCUT2D eigenvalue weighted by molar-refractivity contribution is 0.0679. The maximum absolute atomic E-state index is 5.84. The Balaban J connectivity index is 1.70. The van der Waals surface area contributed by atoms with Crippen molar-refractivity contribution in [3.63, 3.8) is 0 Å². The molecule has 0 unspecified atom stereocenters. The zero-order chi connectivity index (χ0) is 16.1. The predicted molar refractivity (Wildman–Crippen MR) is 94.6 cm³/mol. The van der Waals surface area contributed by atoms with Gasteiger partial charge in [-0.1, -0.05) is 6.08 Å². The summed E-state index contributed by atoms with van der Waals surface area (Å²) in [6.45, 7) is 10.4. The topological polar surface area (TPSA) is 30.3 Å². The SMILES string of the molecule is C=CCn1cc(CN(Cc2ccsc2)C[C@H]2CCCO2)c(C)n1. The Labute approximate surface area is 142 Å². The average molecular weight is 331 g/mol. The summed E-state index contributed by atoms with van der Waals surface area (Å²) in [6.07, 6.45) is 6.76. The van der Waals surface area contributed by atoms with Crippen molar-refractivity contribution >= 4 is 11.3 Å². The van der Waals surface area contributed by atoms with E-state index in [1.54, 1.807) is 11.3 Å². The van der Waals surface area contributed by atoms with Gasteiger partial charge in [0.1, 0.15) is 0 Å². The molecular formula is C18H25N3OS. The molecule has 0 amide bonds. The summed E-state index contributed by atoms with van der Waals surface area (Å²) in [4.78, 5) is 2.49. The number of hydrogen-bond acceptors (Lipinski definition) is 4. The molecule has 0 N–H and O–H groups in total. The van der Waals surface area contributed by atoms with Gasteiger partial charge in [-0.3, -0.25) is 9.58 Å². The van der Waals surface area contributed by atoms with Crippen molar-refractivity contribution in [2.75, 3.05) is 13.2 Å². The highest BCUT2D eigenvalue weighted by Gasteiger charge is 2.20. The molecule has 1 atom stereocenters. The van der Waals surface area contributed by atoms with Crippen molar-refractivity contribution in [1.29, 1.82) is 0 Å². The largest absolute Gasteiger partial charge is 0.377 e. The van der Waals surface area contributed by atoms with Gasteiger partial charge in [0.05, 0.1) is 18.3 Å². The molecule has 3 heterocycles. The summed E-state index contributed by atoms with van der Waals surface area (Å²) < 4.78 is 7.81. The van der Waals surface area contributed by atoms with Gasteiger partial charge >= 0.3 is 0 Å². The maximum atomic E-state index is 5.84. The molecule has 5 heteroatoms. The van der Waals surface area contributed by atoms with Crippen molar-refractivity contribution in [3.8, 4) is 0 Å². The van der Waals surface area contributed by atoms with Crippen molar-refractivity contribution in [2.45, 2.75) is 45.5 Å². The number of aryl methyl sites for hydroxylation is 1. The van der Waals surface area contributed by atoms with Crippen molar-refractivity contribution in [1.82, 2.24) is 14.7 Å². The monoisotopic (exact) mass is 331 g/mol. The second kappa shape index (κ2) is 7.90. The normalized spacial score (nSPS) is 17.9. The van der Waals surface area contributed by atoms with Gasteiger partial charge in [0.2, 0.25) is 0 Å². The Morgan fingerprint density at radius 2 is 2.43 bits per heavy atom. The fourth-order valence-electron chi connectivity index (χ4n) is 3.08. The van der Waals surface area contributed by atoms with Crippen LogP contribution >= 0.6 is 11.3 Å². The number of nitrogens with zero attached hydrogens (tertiary/aromatic N) is 3. The van der Waals surface area contributed by atoms with E-state index in [1.807, 2.05) is 10.8 Å². The summed E-state index contributed by atoms with van der Waals surface area (Å²) in [5, 5.41) is 8.95. The Morgan fingerprint density at radius 3 is 3.13 bits per heavy atom. The molecule has 124 valence electrons. The fourth-order valence-corrected chi connectivity index (χ4v) is 3.74. The van der Waals surface area contributed by atoms with Gasteiger partial charge in [-0.15, -0.1) is 6.58 Å². The van der Waals surface area contributed by atoms with Crippen LogP contribution in [0.25, 0.3) is 0 Å². The molecule has 1 fully saturated rings.